The first-order valence-corrected chi connectivity index (χ1v) is 11.5. The molecule has 0 saturated carbocycles. The van der Waals surface area contributed by atoms with E-state index in [1.165, 1.54) is 12.8 Å². The summed E-state index contributed by atoms with van der Waals surface area (Å²) < 4.78 is 6.22. The van der Waals surface area contributed by atoms with Crippen LogP contribution in [-0.2, 0) is 4.43 Å². The normalized spacial score (nSPS) is 35.7. The molecule has 2 bridgehead atoms. The second-order valence-electron chi connectivity index (χ2n) is 7.95. The number of hydrogen-bond donors (Lipinski definition) is 1. The molecule has 2 heterocycles. The second kappa shape index (κ2) is 5.36. The third kappa shape index (κ3) is 3.77. The molecule has 0 aromatic rings. The fourth-order valence-corrected chi connectivity index (χ4v) is 5.88. The molecule has 2 atom stereocenters. The van der Waals surface area contributed by atoms with Crippen LogP contribution < -0.4 is 0 Å². The van der Waals surface area contributed by atoms with Crippen molar-refractivity contribution in [2.45, 2.75) is 87.1 Å². The molecule has 0 aliphatic carbocycles. The molecule has 4 heteroatoms. The van der Waals surface area contributed by atoms with Crippen LogP contribution in [0.25, 0.3) is 0 Å². The van der Waals surface area contributed by atoms with Gasteiger partial charge in [0.05, 0.1) is 5.60 Å². The first-order valence-electron chi connectivity index (χ1n) is 7.63. The van der Waals surface area contributed by atoms with Crippen LogP contribution in [0.2, 0.25) is 18.1 Å². The van der Waals surface area contributed by atoms with Crippen molar-refractivity contribution in [3.63, 3.8) is 0 Å². The third-order valence-corrected chi connectivity index (χ3v) is 11.4. The molecule has 2 unspecified atom stereocenters. The van der Waals surface area contributed by atoms with Gasteiger partial charge >= 0.3 is 0 Å². The highest BCUT2D eigenvalue weighted by Gasteiger charge is 2.44. The number of hydrogen-bond acceptors (Lipinski definition) is 3. The van der Waals surface area contributed by atoms with Crippen molar-refractivity contribution < 1.29 is 9.53 Å². The summed E-state index contributed by atoms with van der Waals surface area (Å²) in [5, 5.41) is 12.4. The molecule has 0 radical (unpaired) electrons. The van der Waals surface area contributed by atoms with Gasteiger partial charge in [-0.05, 0) is 50.2 Å². The maximum Gasteiger partial charge on any atom is 0.191 e. The number of fused-ring (bicyclic) bond motifs is 2. The lowest BCUT2D eigenvalue weighted by Gasteiger charge is -2.39. The van der Waals surface area contributed by atoms with E-state index in [0.29, 0.717) is 10.5 Å². The lowest BCUT2D eigenvalue weighted by Crippen LogP contribution is -2.43. The number of thioether (sulfide) groups is 1. The van der Waals surface area contributed by atoms with Crippen molar-refractivity contribution in [3.8, 4) is 0 Å². The van der Waals surface area contributed by atoms with Gasteiger partial charge in [-0.15, -0.1) is 0 Å². The van der Waals surface area contributed by atoms with Crippen molar-refractivity contribution in [2.75, 3.05) is 6.61 Å². The van der Waals surface area contributed by atoms with Crippen LogP contribution in [0.1, 0.15) is 52.9 Å². The van der Waals surface area contributed by atoms with Gasteiger partial charge in [0.1, 0.15) is 0 Å². The van der Waals surface area contributed by atoms with Crippen LogP contribution in [0, 0.1) is 0 Å². The highest BCUT2D eigenvalue weighted by molar-refractivity contribution is 8.00. The van der Waals surface area contributed by atoms with E-state index < -0.39 is 13.9 Å². The van der Waals surface area contributed by atoms with Crippen LogP contribution >= 0.6 is 11.8 Å². The standard InChI is InChI=1S/C15H30O2SSi/c1-14(2,3)19(4,5)17-9-8-15(16)10-12-6-7-13(11-15)18-12/h12-13,16H,6-11H2,1-5H3. The monoisotopic (exact) mass is 302 g/mol. The molecule has 0 spiro atoms. The summed E-state index contributed by atoms with van der Waals surface area (Å²) >= 11 is 2.11. The summed E-state index contributed by atoms with van der Waals surface area (Å²) in [4.78, 5) is 0. The minimum absolute atomic E-state index is 0.261. The summed E-state index contributed by atoms with van der Waals surface area (Å²) in [7, 11) is -1.66. The first-order chi connectivity index (χ1) is 8.61. The Morgan fingerprint density at radius 2 is 1.74 bits per heavy atom. The van der Waals surface area contributed by atoms with Crippen molar-refractivity contribution >= 4 is 20.1 Å². The van der Waals surface area contributed by atoms with E-state index in [0.717, 1.165) is 25.9 Å². The number of rotatable bonds is 4. The molecule has 2 aliphatic heterocycles. The maximum atomic E-state index is 10.8. The Morgan fingerprint density at radius 3 is 2.21 bits per heavy atom. The van der Waals surface area contributed by atoms with E-state index in [1.54, 1.807) is 0 Å². The van der Waals surface area contributed by atoms with Gasteiger partial charge in [-0.3, -0.25) is 0 Å². The van der Waals surface area contributed by atoms with Gasteiger partial charge in [0, 0.05) is 17.1 Å². The van der Waals surface area contributed by atoms with E-state index >= 15 is 0 Å². The lowest BCUT2D eigenvalue weighted by molar-refractivity contribution is 0.00272. The highest BCUT2D eigenvalue weighted by atomic mass is 32.2. The van der Waals surface area contributed by atoms with Gasteiger partial charge in [0.25, 0.3) is 0 Å². The average molecular weight is 303 g/mol. The van der Waals surface area contributed by atoms with Crippen molar-refractivity contribution in [1.29, 1.82) is 0 Å². The Morgan fingerprint density at radius 1 is 1.21 bits per heavy atom. The van der Waals surface area contributed by atoms with Gasteiger partial charge < -0.3 is 9.53 Å². The summed E-state index contributed by atoms with van der Waals surface area (Å²) in [6.07, 6.45) is 5.40. The van der Waals surface area contributed by atoms with Gasteiger partial charge in [-0.2, -0.15) is 11.8 Å². The molecule has 112 valence electrons. The SMILES string of the molecule is CC(C)(C)[Si](C)(C)OCCC1(O)CC2CCC(C1)S2. The molecule has 0 aromatic heterocycles. The minimum Gasteiger partial charge on any atom is -0.417 e. The first kappa shape index (κ1) is 15.9. The molecule has 2 rings (SSSR count). The van der Waals surface area contributed by atoms with Gasteiger partial charge in [0.15, 0.2) is 8.32 Å². The fraction of sp³-hybridized carbons (Fsp3) is 1.00. The minimum atomic E-state index is -1.66. The second-order valence-corrected chi connectivity index (χ2v) is 14.4. The largest absolute Gasteiger partial charge is 0.417 e. The third-order valence-electron chi connectivity index (χ3n) is 5.25. The van der Waals surface area contributed by atoms with Crippen molar-refractivity contribution in [2.24, 2.45) is 0 Å². The van der Waals surface area contributed by atoms with Crippen LogP contribution in [0.3, 0.4) is 0 Å². The van der Waals surface area contributed by atoms with E-state index in [1.807, 2.05) is 0 Å². The van der Waals surface area contributed by atoms with Crippen LogP contribution in [-0.4, -0.2) is 36.1 Å². The predicted molar refractivity (Wildman–Crippen MR) is 86.4 cm³/mol. The Hall–Kier alpha value is 0.487. The summed E-state index contributed by atoms with van der Waals surface area (Å²) in [5.41, 5.74) is -0.445. The Balaban J connectivity index is 1.82. The lowest BCUT2D eigenvalue weighted by atomic mass is 9.90. The zero-order valence-electron chi connectivity index (χ0n) is 13.2. The van der Waals surface area contributed by atoms with Gasteiger partial charge in [0.2, 0.25) is 0 Å². The van der Waals surface area contributed by atoms with Crippen molar-refractivity contribution in [1.82, 2.24) is 0 Å². The van der Waals surface area contributed by atoms with Crippen LogP contribution in [0.15, 0.2) is 0 Å². The number of aliphatic hydroxyl groups is 1. The van der Waals surface area contributed by atoms with Crippen molar-refractivity contribution in [3.05, 3.63) is 0 Å². The fourth-order valence-electron chi connectivity index (χ4n) is 2.93. The highest BCUT2D eigenvalue weighted by Crippen LogP contribution is 2.48. The quantitative estimate of drug-likeness (QED) is 0.790. The van der Waals surface area contributed by atoms with E-state index in [9.17, 15) is 5.11 Å². The molecule has 2 fully saturated rings. The zero-order valence-corrected chi connectivity index (χ0v) is 15.0. The predicted octanol–water partition coefficient (Wildman–Crippen LogP) is 4.19. The topological polar surface area (TPSA) is 29.5 Å². The van der Waals surface area contributed by atoms with E-state index in [4.69, 9.17) is 4.43 Å². The van der Waals surface area contributed by atoms with Crippen LogP contribution in [0.4, 0.5) is 0 Å². The van der Waals surface area contributed by atoms with Gasteiger partial charge in [-0.1, -0.05) is 20.8 Å². The Labute approximate surface area is 123 Å². The Kier molecular flexibility index (Phi) is 4.47. The molecule has 0 aromatic carbocycles. The van der Waals surface area contributed by atoms with Crippen LogP contribution in [0.5, 0.6) is 0 Å². The Bertz CT molecular complexity index is 313. The smallest absolute Gasteiger partial charge is 0.191 e. The van der Waals surface area contributed by atoms with Gasteiger partial charge in [-0.25, -0.2) is 0 Å². The molecule has 2 saturated heterocycles. The molecule has 1 N–H and O–H groups in total. The molecular formula is C15H30O2SSi. The molecule has 19 heavy (non-hydrogen) atoms. The summed E-state index contributed by atoms with van der Waals surface area (Å²) in [6.45, 7) is 12.1. The van der Waals surface area contributed by atoms with E-state index in [2.05, 4.69) is 45.6 Å². The zero-order chi connectivity index (χ0) is 14.3. The summed E-state index contributed by atoms with van der Waals surface area (Å²) in [6, 6.07) is 0. The molecule has 2 aliphatic rings. The molecule has 0 amide bonds. The summed E-state index contributed by atoms with van der Waals surface area (Å²) in [5.74, 6) is 0. The molecule has 2 nitrogen and oxygen atoms in total. The average Bonchev–Trinajstić information content (AvgIpc) is 2.56. The maximum absolute atomic E-state index is 10.8. The van der Waals surface area contributed by atoms with E-state index in [-0.39, 0.29) is 5.04 Å². The molecular weight excluding hydrogens is 272 g/mol.